The van der Waals surface area contributed by atoms with Crippen molar-refractivity contribution < 1.29 is 16.0 Å². The Labute approximate surface area is 49.3 Å². The van der Waals surface area contributed by atoms with Gasteiger partial charge in [0.25, 0.3) is 0 Å². The molecular weight excluding hydrogens is 106 g/mol. The zero-order valence-electron chi connectivity index (χ0n) is 1.30. The Morgan fingerprint density at radius 3 is 1.75 bits per heavy atom. The van der Waals surface area contributed by atoms with E-state index in [1.54, 1.807) is 0 Å². The zero-order chi connectivity index (χ0) is 2.71. The van der Waals surface area contributed by atoms with E-state index in [-0.39, 0.29) is 23.1 Å². The van der Waals surface area contributed by atoms with Gasteiger partial charge in [0, 0.05) is 0 Å². The fraction of sp³-hybridized carbons (Fsp3) is 0. The minimum atomic E-state index is 0. The molecule has 0 rings (SSSR count). The molecule has 3 heteroatoms. The third kappa shape index (κ3) is 14.5. The van der Waals surface area contributed by atoms with Gasteiger partial charge < -0.3 is 0 Å². The summed E-state index contributed by atoms with van der Waals surface area (Å²) in [5.41, 5.74) is 0. The van der Waals surface area contributed by atoms with E-state index in [0.29, 0.717) is 0 Å². The van der Waals surface area contributed by atoms with Gasteiger partial charge in [-0.1, -0.05) is 0 Å². The second-order valence-electron chi connectivity index (χ2n) is 0.0791. The molecular formula is CH2FeMgN. The van der Waals surface area contributed by atoms with E-state index in [0.717, 1.165) is 0 Å². The molecule has 21 valence electrons. The fourth-order valence-electron chi connectivity index (χ4n) is 0. The molecule has 0 amide bonds. The molecule has 0 fully saturated rings. The standard InChI is InChI=1S/CN.Fe.Mg.2H/c1-2;;;;. The molecule has 0 saturated carbocycles. The predicted octanol–water partition coefficient (Wildman–Crippen LogP) is -0.902. The molecule has 0 aromatic carbocycles. The first-order chi connectivity index (χ1) is 1.41. The fourth-order valence-corrected chi connectivity index (χ4v) is 0. The Balaban J connectivity index is 0. The van der Waals surface area contributed by atoms with Crippen molar-refractivity contribution in [3.63, 3.8) is 0 Å². The van der Waals surface area contributed by atoms with Gasteiger partial charge in [-0.25, -0.2) is 0 Å². The van der Waals surface area contributed by atoms with Crippen molar-refractivity contribution >= 4 is 23.1 Å². The summed E-state index contributed by atoms with van der Waals surface area (Å²) >= 11 is 2.79. The average molecular weight is 108 g/mol. The van der Waals surface area contributed by atoms with Gasteiger partial charge in [0.1, 0.15) is 0 Å². The van der Waals surface area contributed by atoms with Crippen LogP contribution in [0.2, 0.25) is 0 Å². The molecule has 0 aliphatic heterocycles. The van der Waals surface area contributed by atoms with Crippen LogP contribution in [0.4, 0.5) is 0 Å². The van der Waals surface area contributed by atoms with Crippen LogP contribution in [0.1, 0.15) is 0 Å². The van der Waals surface area contributed by atoms with Crippen molar-refractivity contribution in [2.45, 2.75) is 0 Å². The van der Waals surface area contributed by atoms with Crippen LogP contribution >= 0.6 is 0 Å². The van der Waals surface area contributed by atoms with Crippen molar-refractivity contribution in [2.75, 3.05) is 0 Å². The Kier molecular flexibility index (Phi) is 20.4. The molecule has 0 unspecified atom stereocenters. The summed E-state index contributed by atoms with van der Waals surface area (Å²) in [5, 5.41) is 7.21. The van der Waals surface area contributed by atoms with Crippen LogP contribution in [-0.2, 0) is 16.0 Å². The number of rotatable bonds is 0. The predicted molar refractivity (Wildman–Crippen MR) is 14.2 cm³/mol. The molecule has 0 aromatic heterocycles. The first-order valence-electron chi connectivity index (χ1n) is 0.400. The van der Waals surface area contributed by atoms with Crippen molar-refractivity contribution in [3.8, 4) is 4.97 Å². The molecule has 0 bridgehead atoms. The van der Waals surface area contributed by atoms with Gasteiger partial charge in [-0.15, -0.1) is 0 Å². The topological polar surface area (TPSA) is 23.8 Å². The Morgan fingerprint density at radius 1 is 1.75 bits per heavy atom. The maximum absolute atomic E-state index is 7.21. The molecule has 0 saturated heterocycles. The van der Waals surface area contributed by atoms with Gasteiger partial charge in [-0.05, 0) is 0 Å². The molecule has 0 aromatic rings. The van der Waals surface area contributed by atoms with Crippen molar-refractivity contribution in [2.24, 2.45) is 0 Å². The summed E-state index contributed by atoms with van der Waals surface area (Å²) in [6.45, 7) is 0. The van der Waals surface area contributed by atoms with Gasteiger partial charge in [-0.3, -0.25) is 0 Å². The number of hydrogen-bond donors (Lipinski definition) is 0. The molecule has 0 heterocycles. The first-order valence-corrected chi connectivity index (χ1v) is 0.952. The van der Waals surface area contributed by atoms with Crippen LogP contribution in [0.25, 0.3) is 0 Å². The van der Waals surface area contributed by atoms with E-state index in [4.69, 9.17) is 5.26 Å². The van der Waals surface area contributed by atoms with Crippen LogP contribution in [0.5, 0.6) is 0 Å². The summed E-state index contributed by atoms with van der Waals surface area (Å²) in [6.07, 6.45) is 0. The SMILES string of the molecule is N#[C][Fe].[MgH2]. The van der Waals surface area contributed by atoms with Crippen LogP contribution in [-0.4, -0.2) is 23.1 Å². The Morgan fingerprint density at radius 2 is 1.75 bits per heavy atom. The van der Waals surface area contributed by atoms with E-state index < -0.39 is 0 Å². The number of nitriles is 1. The third-order valence-corrected chi connectivity index (χ3v) is 0. The van der Waals surface area contributed by atoms with Gasteiger partial charge in [-0.2, -0.15) is 0 Å². The van der Waals surface area contributed by atoms with Gasteiger partial charge in [0.15, 0.2) is 0 Å². The average Bonchev–Trinajstić information content (AvgIpc) is 0.918. The normalized spacial score (nSPS) is 2.00. The summed E-state index contributed by atoms with van der Waals surface area (Å²) in [4.78, 5) is 1.50. The van der Waals surface area contributed by atoms with Crippen molar-refractivity contribution in [3.05, 3.63) is 0 Å². The molecule has 0 N–H and O–H groups in total. The van der Waals surface area contributed by atoms with Crippen LogP contribution in [0.15, 0.2) is 0 Å². The van der Waals surface area contributed by atoms with Crippen molar-refractivity contribution in [1.82, 2.24) is 0 Å². The second-order valence-corrected chi connectivity index (χ2v) is 0.326. The summed E-state index contributed by atoms with van der Waals surface area (Å²) < 4.78 is 0. The Bertz CT molecular complexity index is 29.5. The molecule has 0 aliphatic rings. The minimum Gasteiger partial charge on any atom is 0.316 e. The maximum Gasteiger partial charge on any atom is 0.316 e. The quantitative estimate of drug-likeness (QED) is 0.369. The second kappa shape index (κ2) is 9.23. The van der Waals surface area contributed by atoms with E-state index in [2.05, 4.69) is 16.0 Å². The molecule has 1 nitrogen and oxygen atoms in total. The van der Waals surface area contributed by atoms with E-state index in [9.17, 15) is 0 Å². The maximum atomic E-state index is 7.21. The molecule has 4 heavy (non-hydrogen) atoms. The minimum absolute atomic E-state index is 0. The zero-order valence-corrected chi connectivity index (χ0v) is 2.40. The smallest absolute Gasteiger partial charge is 0.316 e. The molecule has 0 radical (unpaired) electrons. The summed E-state index contributed by atoms with van der Waals surface area (Å²) in [5.74, 6) is 0. The molecule has 0 spiro atoms. The van der Waals surface area contributed by atoms with Crippen molar-refractivity contribution in [1.29, 1.82) is 5.26 Å². The summed E-state index contributed by atoms with van der Waals surface area (Å²) in [6, 6.07) is 0. The van der Waals surface area contributed by atoms with Gasteiger partial charge in [0.2, 0.25) is 0 Å². The number of nitrogens with zero attached hydrogens (tertiary/aromatic N) is 1. The Hall–Kier alpha value is 0.776. The molecule has 0 atom stereocenters. The van der Waals surface area contributed by atoms with Crippen LogP contribution in [0.3, 0.4) is 0 Å². The van der Waals surface area contributed by atoms with E-state index >= 15 is 0 Å². The van der Waals surface area contributed by atoms with Gasteiger partial charge in [0.05, 0.1) is 0 Å². The molecule has 0 aliphatic carbocycles. The third-order valence-electron chi connectivity index (χ3n) is 0. The number of hydrogen-bond acceptors (Lipinski definition) is 1. The monoisotopic (exact) mass is 108 g/mol. The summed E-state index contributed by atoms with van der Waals surface area (Å²) in [7, 11) is 0. The first kappa shape index (κ1) is 8.84. The van der Waals surface area contributed by atoms with E-state index in [1.807, 2.05) is 0 Å². The largest absolute Gasteiger partial charge is 0.316 e. The van der Waals surface area contributed by atoms with E-state index in [1.165, 1.54) is 4.97 Å². The van der Waals surface area contributed by atoms with Crippen LogP contribution < -0.4 is 0 Å². The van der Waals surface area contributed by atoms with Crippen LogP contribution in [0, 0.1) is 10.2 Å². The van der Waals surface area contributed by atoms with Gasteiger partial charge >= 0.3 is 49.3 Å².